The van der Waals surface area contributed by atoms with Gasteiger partial charge in [0, 0.05) is 18.8 Å². The van der Waals surface area contributed by atoms with E-state index in [1.54, 1.807) is 0 Å². The van der Waals surface area contributed by atoms with Crippen molar-refractivity contribution in [3.8, 4) is 0 Å². The Morgan fingerprint density at radius 2 is 2.40 bits per heavy atom. The van der Waals surface area contributed by atoms with Crippen molar-refractivity contribution in [1.82, 2.24) is 0 Å². The number of carboxylic acids is 1. The van der Waals surface area contributed by atoms with Crippen LogP contribution in [0.1, 0.15) is 6.42 Å². The summed E-state index contributed by atoms with van der Waals surface area (Å²) in [4.78, 5) is 24.4. The summed E-state index contributed by atoms with van der Waals surface area (Å²) in [5.74, 6) is -1.59. The van der Waals surface area contributed by atoms with Crippen LogP contribution in [-0.2, 0) is 9.59 Å². The molecule has 0 amide bonds. The van der Waals surface area contributed by atoms with Gasteiger partial charge in [-0.3, -0.25) is 9.79 Å². The number of Topliss-reactive ketones (excluding diaryl/α,β-unsaturated/α-hetero) is 1. The molecule has 4 heteroatoms. The van der Waals surface area contributed by atoms with E-state index in [9.17, 15) is 9.59 Å². The van der Waals surface area contributed by atoms with Crippen LogP contribution in [0.15, 0.2) is 16.8 Å². The Bertz CT molecular complexity index is 239. The second kappa shape index (κ2) is 2.43. The highest BCUT2D eigenvalue weighted by Crippen LogP contribution is 2.03. The van der Waals surface area contributed by atoms with Gasteiger partial charge in [-0.15, -0.1) is 0 Å². The third-order valence-electron chi connectivity index (χ3n) is 1.12. The molecule has 1 aliphatic rings. The number of hydrogen-bond donors (Lipinski definition) is 1. The summed E-state index contributed by atoms with van der Waals surface area (Å²) in [5.41, 5.74) is -0.234. The van der Waals surface area contributed by atoms with Crippen LogP contribution in [0.2, 0.25) is 0 Å². The molecule has 0 atom stereocenters. The van der Waals surface area contributed by atoms with Gasteiger partial charge in [-0.2, -0.15) is 0 Å². The molecule has 0 aliphatic carbocycles. The summed E-state index contributed by atoms with van der Waals surface area (Å²) in [6.45, 7) is 0. The third-order valence-corrected chi connectivity index (χ3v) is 1.12. The summed E-state index contributed by atoms with van der Waals surface area (Å²) >= 11 is 0. The molecule has 1 aliphatic heterocycles. The van der Waals surface area contributed by atoms with Crippen molar-refractivity contribution in [2.24, 2.45) is 4.99 Å². The fourth-order valence-electron chi connectivity index (χ4n) is 0.619. The molecular weight excluding hydrogens is 134 g/mol. The molecule has 0 radical (unpaired) electrons. The lowest BCUT2D eigenvalue weighted by atomic mass is 10.1. The molecule has 4 nitrogen and oxygen atoms in total. The maximum absolute atomic E-state index is 10.7. The molecule has 0 aromatic carbocycles. The Morgan fingerprint density at radius 3 is 2.80 bits per heavy atom. The molecule has 52 valence electrons. The van der Waals surface area contributed by atoms with Gasteiger partial charge in [-0.1, -0.05) is 0 Å². The number of aliphatic imine (C=N–C) groups is 1. The Kier molecular flexibility index (Phi) is 1.62. The van der Waals surface area contributed by atoms with E-state index in [1.807, 2.05) is 0 Å². The molecule has 0 fully saturated rings. The van der Waals surface area contributed by atoms with Crippen molar-refractivity contribution in [2.75, 3.05) is 0 Å². The molecule has 1 N–H and O–H groups in total. The highest BCUT2D eigenvalue weighted by atomic mass is 16.4. The fraction of sp³-hybridized carbons (Fsp3) is 0.167. The first-order chi connectivity index (χ1) is 4.72. The van der Waals surface area contributed by atoms with Crippen LogP contribution in [0, 0.1) is 0 Å². The van der Waals surface area contributed by atoms with E-state index in [-0.39, 0.29) is 17.8 Å². The number of nitrogens with zero attached hydrogens (tertiary/aromatic N) is 1. The zero-order valence-electron chi connectivity index (χ0n) is 5.07. The van der Waals surface area contributed by atoms with E-state index >= 15 is 0 Å². The van der Waals surface area contributed by atoms with Gasteiger partial charge in [0.15, 0.2) is 5.78 Å². The number of carbonyl (C=O) groups excluding carboxylic acids is 1. The summed E-state index contributed by atoms with van der Waals surface area (Å²) in [7, 11) is 0. The zero-order chi connectivity index (χ0) is 7.56. The van der Waals surface area contributed by atoms with Gasteiger partial charge >= 0.3 is 5.97 Å². The minimum atomic E-state index is -1.21. The molecule has 0 spiro atoms. The highest BCUT2D eigenvalue weighted by Gasteiger charge is 2.17. The molecular formula is C6H5NO3. The van der Waals surface area contributed by atoms with Crippen molar-refractivity contribution in [3.05, 3.63) is 11.8 Å². The Morgan fingerprint density at radius 1 is 1.70 bits per heavy atom. The van der Waals surface area contributed by atoms with Crippen LogP contribution in [0.4, 0.5) is 0 Å². The largest absolute Gasteiger partial charge is 0.478 e. The van der Waals surface area contributed by atoms with Crippen molar-refractivity contribution in [1.29, 1.82) is 0 Å². The fourth-order valence-corrected chi connectivity index (χ4v) is 0.619. The number of rotatable bonds is 1. The van der Waals surface area contributed by atoms with Gasteiger partial charge < -0.3 is 5.11 Å². The predicted molar refractivity (Wildman–Crippen MR) is 33.8 cm³/mol. The maximum Gasteiger partial charge on any atom is 0.340 e. The third kappa shape index (κ3) is 1.10. The first-order valence-electron chi connectivity index (χ1n) is 2.70. The summed E-state index contributed by atoms with van der Waals surface area (Å²) in [6.07, 6.45) is 2.54. The van der Waals surface area contributed by atoms with E-state index in [4.69, 9.17) is 5.11 Å². The van der Waals surface area contributed by atoms with Crippen molar-refractivity contribution in [2.45, 2.75) is 6.42 Å². The van der Waals surface area contributed by atoms with Gasteiger partial charge in [-0.05, 0) is 0 Å². The summed E-state index contributed by atoms with van der Waals surface area (Å²) in [5, 5.41) is 8.35. The average molecular weight is 139 g/mol. The monoisotopic (exact) mass is 139 g/mol. The number of carbonyl (C=O) groups is 2. The molecule has 1 rings (SSSR count). The first-order valence-corrected chi connectivity index (χ1v) is 2.70. The summed E-state index contributed by atoms with van der Waals surface area (Å²) < 4.78 is 0. The Balaban J connectivity index is 2.91. The quantitative estimate of drug-likeness (QED) is 0.520. The maximum atomic E-state index is 10.7. The van der Waals surface area contributed by atoms with E-state index in [2.05, 4.69) is 4.99 Å². The lowest BCUT2D eigenvalue weighted by Crippen LogP contribution is -2.14. The van der Waals surface area contributed by atoms with Gasteiger partial charge in [0.25, 0.3) is 0 Å². The lowest BCUT2D eigenvalue weighted by Gasteiger charge is -1.99. The van der Waals surface area contributed by atoms with Crippen molar-refractivity contribution in [3.63, 3.8) is 0 Å². The smallest absolute Gasteiger partial charge is 0.340 e. The van der Waals surface area contributed by atoms with Gasteiger partial charge in [0.05, 0.1) is 0 Å². The van der Waals surface area contributed by atoms with E-state index < -0.39 is 5.97 Å². The minimum Gasteiger partial charge on any atom is -0.478 e. The number of ketones is 1. The molecule has 0 saturated carbocycles. The molecule has 0 aromatic heterocycles. The molecule has 0 unspecified atom stereocenters. The van der Waals surface area contributed by atoms with Crippen molar-refractivity contribution < 1.29 is 14.7 Å². The normalized spacial score (nSPS) is 16.8. The van der Waals surface area contributed by atoms with Crippen molar-refractivity contribution >= 4 is 18.0 Å². The van der Waals surface area contributed by atoms with Crippen LogP contribution in [0.5, 0.6) is 0 Å². The zero-order valence-corrected chi connectivity index (χ0v) is 5.07. The van der Waals surface area contributed by atoms with Crippen LogP contribution >= 0.6 is 0 Å². The number of aliphatic carboxylic acids is 1. The predicted octanol–water partition coefficient (Wildman–Crippen LogP) is -0.00150. The second-order valence-corrected chi connectivity index (χ2v) is 1.81. The van der Waals surface area contributed by atoms with Gasteiger partial charge in [0.1, 0.15) is 5.57 Å². The van der Waals surface area contributed by atoms with Gasteiger partial charge in [-0.25, -0.2) is 4.79 Å². The Hall–Kier alpha value is -1.45. The van der Waals surface area contributed by atoms with E-state index in [1.165, 1.54) is 6.21 Å². The van der Waals surface area contributed by atoms with E-state index in [0.29, 0.717) is 0 Å². The molecule has 0 bridgehead atoms. The topological polar surface area (TPSA) is 66.7 Å². The summed E-state index contributed by atoms with van der Waals surface area (Å²) in [6, 6.07) is 0. The van der Waals surface area contributed by atoms with Gasteiger partial charge in [0.2, 0.25) is 0 Å². The SMILES string of the molecule is O=C(O)C1=CN=CCC1=O. The standard InChI is InChI=1S/C6H5NO3/c8-5-1-2-7-3-4(5)6(9)10/h2-3H,1H2,(H,9,10). The molecule has 10 heavy (non-hydrogen) atoms. The van der Waals surface area contributed by atoms with Crippen LogP contribution < -0.4 is 0 Å². The molecule has 1 heterocycles. The lowest BCUT2D eigenvalue weighted by molar-refractivity contribution is -0.134. The average Bonchev–Trinajstić information content (AvgIpc) is 1.88. The number of hydrogen-bond acceptors (Lipinski definition) is 3. The molecule has 0 saturated heterocycles. The van der Waals surface area contributed by atoms with Crippen LogP contribution in [0.25, 0.3) is 0 Å². The number of carboxylic acid groups (broad SMARTS) is 1. The Labute approximate surface area is 56.9 Å². The molecule has 0 aromatic rings. The van der Waals surface area contributed by atoms with Crippen LogP contribution in [0.3, 0.4) is 0 Å². The van der Waals surface area contributed by atoms with Crippen LogP contribution in [-0.4, -0.2) is 23.1 Å². The van der Waals surface area contributed by atoms with E-state index in [0.717, 1.165) is 6.20 Å². The first kappa shape index (κ1) is 6.67. The minimum absolute atomic E-state index is 0.0954. The second-order valence-electron chi connectivity index (χ2n) is 1.81. The highest BCUT2D eigenvalue weighted by molar-refractivity contribution is 6.20.